The molecular formula is C21H25ClN2O4S. The normalized spacial score (nSPS) is 16.3. The second-order valence-electron chi connectivity index (χ2n) is 7.35. The van der Waals surface area contributed by atoms with E-state index in [4.69, 9.17) is 16.3 Å². The molecule has 2 aromatic rings. The maximum absolute atomic E-state index is 12.4. The summed E-state index contributed by atoms with van der Waals surface area (Å²) >= 11 is 7.54. The van der Waals surface area contributed by atoms with Crippen LogP contribution in [0.15, 0.2) is 30.3 Å². The van der Waals surface area contributed by atoms with Crippen LogP contribution in [0.2, 0.25) is 5.02 Å². The van der Waals surface area contributed by atoms with E-state index in [1.54, 1.807) is 30.4 Å². The Morgan fingerprint density at radius 3 is 2.59 bits per heavy atom. The first-order valence-electron chi connectivity index (χ1n) is 9.56. The molecule has 1 aliphatic rings. The minimum atomic E-state index is -0.769. The van der Waals surface area contributed by atoms with Crippen molar-refractivity contribution in [3.8, 4) is 5.75 Å². The van der Waals surface area contributed by atoms with Gasteiger partial charge in [-0.3, -0.25) is 9.59 Å². The smallest absolute Gasteiger partial charge is 0.313 e. The maximum Gasteiger partial charge on any atom is 0.313 e. The Morgan fingerprint density at radius 2 is 1.97 bits per heavy atom. The molecular weight excluding hydrogens is 412 g/mol. The van der Waals surface area contributed by atoms with Gasteiger partial charge >= 0.3 is 11.8 Å². The van der Waals surface area contributed by atoms with E-state index in [0.29, 0.717) is 23.0 Å². The highest BCUT2D eigenvalue weighted by Gasteiger charge is 2.38. The third kappa shape index (κ3) is 4.91. The number of methoxy groups -OCH3 is 1. The molecule has 0 bridgehead atoms. The van der Waals surface area contributed by atoms with E-state index in [1.165, 1.54) is 13.2 Å². The van der Waals surface area contributed by atoms with Crippen molar-refractivity contribution < 1.29 is 19.4 Å². The third-order valence-electron chi connectivity index (χ3n) is 5.33. The van der Waals surface area contributed by atoms with E-state index in [1.807, 2.05) is 12.1 Å². The van der Waals surface area contributed by atoms with Crippen molar-refractivity contribution in [1.29, 1.82) is 0 Å². The zero-order valence-corrected chi connectivity index (χ0v) is 18.0. The number of ether oxygens (including phenoxy) is 1. The zero-order chi connectivity index (χ0) is 21.0. The molecule has 1 aromatic heterocycles. The first-order valence-corrected chi connectivity index (χ1v) is 10.7. The number of hydrogen-bond donors (Lipinski definition) is 3. The van der Waals surface area contributed by atoms with Crippen LogP contribution in [0.3, 0.4) is 0 Å². The van der Waals surface area contributed by atoms with Gasteiger partial charge in [-0.2, -0.15) is 0 Å². The SMILES string of the molecule is COc1ccc(Cl)cc1NC(=O)C(=O)NCC1(c2ccc(C(C)O)s2)CCCC1. The molecule has 1 unspecified atom stereocenters. The Bertz CT molecular complexity index is 891. The minimum absolute atomic E-state index is 0.193. The monoisotopic (exact) mass is 436 g/mol. The molecule has 1 aliphatic carbocycles. The molecule has 0 saturated heterocycles. The number of halogens is 1. The number of aliphatic hydroxyl groups excluding tert-OH is 1. The fourth-order valence-electron chi connectivity index (χ4n) is 3.71. The second-order valence-corrected chi connectivity index (χ2v) is 8.90. The second kappa shape index (κ2) is 9.15. The Labute approximate surface area is 179 Å². The van der Waals surface area contributed by atoms with Crippen LogP contribution < -0.4 is 15.4 Å². The number of thiophene rings is 1. The summed E-state index contributed by atoms with van der Waals surface area (Å²) in [6, 6.07) is 8.77. The van der Waals surface area contributed by atoms with Gasteiger partial charge in [-0.15, -0.1) is 11.3 Å². The zero-order valence-electron chi connectivity index (χ0n) is 16.5. The lowest BCUT2D eigenvalue weighted by Gasteiger charge is -2.28. The highest BCUT2D eigenvalue weighted by atomic mass is 35.5. The van der Waals surface area contributed by atoms with Crippen molar-refractivity contribution in [2.75, 3.05) is 19.0 Å². The summed E-state index contributed by atoms with van der Waals surface area (Å²) in [6.07, 6.45) is 3.52. The van der Waals surface area contributed by atoms with Crippen molar-refractivity contribution >= 4 is 40.4 Å². The summed E-state index contributed by atoms with van der Waals surface area (Å²) in [5.74, 6) is -1.05. The Kier molecular flexibility index (Phi) is 6.82. The third-order valence-corrected chi connectivity index (χ3v) is 7.06. The number of hydrogen-bond acceptors (Lipinski definition) is 5. The van der Waals surface area contributed by atoms with Gasteiger partial charge in [0.25, 0.3) is 0 Å². The van der Waals surface area contributed by atoms with E-state index in [9.17, 15) is 14.7 Å². The molecule has 0 radical (unpaired) electrons. The van der Waals surface area contributed by atoms with Crippen LogP contribution in [0.5, 0.6) is 5.75 Å². The lowest BCUT2D eigenvalue weighted by molar-refractivity contribution is -0.136. The molecule has 6 nitrogen and oxygen atoms in total. The van der Waals surface area contributed by atoms with Gasteiger partial charge in [-0.05, 0) is 50.1 Å². The molecule has 0 aliphatic heterocycles. The van der Waals surface area contributed by atoms with Crippen LogP contribution in [-0.4, -0.2) is 30.6 Å². The van der Waals surface area contributed by atoms with Crippen LogP contribution in [0.1, 0.15) is 48.5 Å². The van der Waals surface area contributed by atoms with Gasteiger partial charge in [0.15, 0.2) is 0 Å². The van der Waals surface area contributed by atoms with Crippen LogP contribution >= 0.6 is 22.9 Å². The van der Waals surface area contributed by atoms with Gasteiger partial charge in [-0.25, -0.2) is 0 Å². The lowest BCUT2D eigenvalue weighted by atomic mass is 9.84. The van der Waals surface area contributed by atoms with Crippen molar-refractivity contribution in [1.82, 2.24) is 5.32 Å². The fraction of sp³-hybridized carbons (Fsp3) is 0.429. The number of anilines is 1. The molecule has 8 heteroatoms. The Hall–Kier alpha value is -2.09. The first kappa shape index (κ1) is 21.6. The number of rotatable bonds is 6. The van der Waals surface area contributed by atoms with Crippen molar-refractivity contribution in [3.63, 3.8) is 0 Å². The highest BCUT2D eigenvalue weighted by Crippen LogP contribution is 2.44. The predicted octanol–water partition coefficient (Wildman–Crippen LogP) is 4.03. The molecule has 1 heterocycles. The molecule has 3 rings (SSSR count). The molecule has 0 spiro atoms. The quantitative estimate of drug-likeness (QED) is 0.596. The summed E-state index contributed by atoms with van der Waals surface area (Å²) in [7, 11) is 1.48. The number of benzene rings is 1. The Balaban J connectivity index is 1.67. The predicted molar refractivity (Wildman–Crippen MR) is 115 cm³/mol. The number of carbonyl (C=O) groups excluding carboxylic acids is 2. The van der Waals surface area contributed by atoms with E-state index < -0.39 is 17.9 Å². The van der Waals surface area contributed by atoms with E-state index >= 15 is 0 Å². The Morgan fingerprint density at radius 1 is 1.24 bits per heavy atom. The van der Waals surface area contributed by atoms with Gasteiger partial charge < -0.3 is 20.5 Å². The first-order chi connectivity index (χ1) is 13.8. The summed E-state index contributed by atoms with van der Waals surface area (Å²) in [6.45, 7) is 2.12. The standard InChI is InChI=1S/C21H25ClN2O4S/c1-13(25)17-7-8-18(29-17)21(9-3-4-10-21)12-23-19(26)20(27)24-15-11-14(22)5-6-16(15)28-2/h5-8,11,13,25H,3-4,9-10,12H2,1-2H3,(H,23,26)(H,24,27). The molecule has 2 amide bonds. The molecule has 3 N–H and O–H groups in total. The molecule has 1 fully saturated rings. The minimum Gasteiger partial charge on any atom is -0.495 e. The maximum atomic E-state index is 12.4. The summed E-state index contributed by atoms with van der Waals surface area (Å²) in [5.41, 5.74) is 0.150. The van der Waals surface area contributed by atoms with Gasteiger partial charge in [0.05, 0.1) is 18.9 Å². The average molecular weight is 437 g/mol. The van der Waals surface area contributed by atoms with Crippen molar-refractivity contribution in [2.24, 2.45) is 0 Å². The molecule has 29 heavy (non-hydrogen) atoms. The van der Waals surface area contributed by atoms with E-state index in [0.717, 1.165) is 35.4 Å². The largest absolute Gasteiger partial charge is 0.495 e. The average Bonchev–Trinajstić information content (AvgIpc) is 3.36. The fourth-order valence-corrected chi connectivity index (χ4v) is 5.07. The topological polar surface area (TPSA) is 87.7 Å². The molecule has 1 atom stereocenters. The molecule has 156 valence electrons. The number of amides is 2. The van der Waals surface area contributed by atoms with Gasteiger partial charge in [0, 0.05) is 26.7 Å². The van der Waals surface area contributed by atoms with Crippen molar-refractivity contribution in [2.45, 2.75) is 44.1 Å². The number of carbonyl (C=O) groups is 2. The summed E-state index contributed by atoms with van der Waals surface area (Å²) in [5, 5.41) is 15.6. The van der Waals surface area contributed by atoms with Crippen LogP contribution in [0.4, 0.5) is 5.69 Å². The number of aliphatic hydroxyl groups is 1. The summed E-state index contributed by atoms with van der Waals surface area (Å²) < 4.78 is 5.19. The summed E-state index contributed by atoms with van der Waals surface area (Å²) in [4.78, 5) is 26.9. The van der Waals surface area contributed by atoms with Gasteiger partial charge in [-0.1, -0.05) is 24.4 Å². The van der Waals surface area contributed by atoms with E-state index in [2.05, 4.69) is 10.6 Å². The van der Waals surface area contributed by atoms with Crippen molar-refractivity contribution in [3.05, 3.63) is 45.1 Å². The van der Waals surface area contributed by atoms with Crippen LogP contribution in [0.25, 0.3) is 0 Å². The van der Waals surface area contributed by atoms with Crippen LogP contribution in [0, 0.1) is 0 Å². The van der Waals surface area contributed by atoms with Gasteiger partial charge in [0.2, 0.25) is 0 Å². The lowest BCUT2D eigenvalue weighted by Crippen LogP contribution is -2.43. The van der Waals surface area contributed by atoms with Gasteiger partial charge in [0.1, 0.15) is 5.75 Å². The molecule has 1 saturated carbocycles. The van der Waals surface area contributed by atoms with Crippen LogP contribution in [-0.2, 0) is 15.0 Å². The van der Waals surface area contributed by atoms with E-state index in [-0.39, 0.29) is 5.41 Å². The highest BCUT2D eigenvalue weighted by molar-refractivity contribution is 7.12. The molecule has 1 aromatic carbocycles. The number of nitrogens with one attached hydrogen (secondary N) is 2.